The molecule has 2 nitrogen and oxygen atoms in total. The van der Waals surface area contributed by atoms with Crippen LogP contribution in [0.4, 0.5) is 5.69 Å². The molecule has 1 aromatic carbocycles. The van der Waals surface area contributed by atoms with E-state index in [9.17, 15) is 0 Å². The van der Waals surface area contributed by atoms with Crippen molar-refractivity contribution >= 4 is 5.69 Å². The number of nitrogens with one attached hydrogen (secondary N) is 1. The third-order valence-electron chi connectivity index (χ3n) is 2.73. The van der Waals surface area contributed by atoms with E-state index in [2.05, 4.69) is 37.0 Å². The van der Waals surface area contributed by atoms with Gasteiger partial charge in [-0.25, -0.2) is 0 Å². The van der Waals surface area contributed by atoms with E-state index in [1.165, 1.54) is 5.57 Å². The van der Waals surface area contributed by atoms with Gasteiger partial charge in [0.1, 0.15) is 0 Å². The van der Waals surface area contributed by atoms with E-state index in [-0.39, 0.29) is 0 Å². The third kappa shape index (κ3) is 6.64. The molecule has 0 aliphatic carbocycles. The number of benzene rings is 1. The first-order chi connectivity index (χ1) is 9.76. The maximum atomic E-state index is 6.02. The van der Waals surface area contributed by atoms with Crippen LogP contribution in [-0.2, 0) is 0 Å². The van der Waals surface area contributed by atoms with Crippen LogP contribution in [0.25, 0.3) is 0 Å². The Bertz CT molecular complexity index is 481. The third-order valence-corrected chi connectivity index (χ3v) is 2.73. The average molecular weight is 268 g/mol. The standard InChI is InChI=1S/C18H24N2/c1-3-5-7-11-17(19)14-16(10-4-2)15-20-18-12-8-6-9-13-18/h3,5-10,12-14,20H,1,4,11,15,19H2,2H3/b7-5-,16-10+,17-14-. The zero-order valence-electron chi connectivity index (χ0n) is 12.2. The van der Waals surface area contributed by atoms with Crippen molar-refractivity contribution in [3.05, 3.63) is 78.6 Å². The number of rotatable bonds is 8. The summed E-state index contributed by atoms with van der Waals surface area (Å²) >= 11 is 0. The lowest BCUT2D eigenvalue weighted by Gasteiger charge is -2.08. The highest BCUT2D eigenvalue weighted by molar-refractivity contribution is 5.44. The lowest BCUT2D eigenvalue weighted by Crippen LogP contribution is -2.05. The van der Waals surface area contributed by atoms with Crippen molar-refractivity contribution in [3.63, 3.8) is 0 Å². The molecule has 0 aromatic heterocycles. The lowest BCUT2D eigenvalue weighted by atomic mass is 10.1. The first kappa shape index (κ1) is 15.8. The smallest absolute Gasteiger partial charge is 0.0398 e. The van der Waals surface area contributed by atoms with Crippen LogP contribution in [0.3, 0.4) is 0 Å². The molecule has 0 fully saturated rings. The molecule has 0 radical (unpaired) electrons. The maximum absolute atomic E-state index is 6.02. The van der Waals surface area contributed by atoms with Crippen LogP contribution in [0.15, 0.2) is 78.6 Å². The highest BCUT2D eigenvalue weighted by Gasteiger charge is 1.96. The van der Waals surface area contributed by atoms with Crippen LogP contribution >= 0.6 is 0 Å². The van der Waals surface area contributed by atoms with E-state index >= 15 is 0 Å². The average Bonchev–Trinajstić information content (AvgIpc) is 2.46. The van der Waals surface area contributed by atoms with Gasteiger partial charge in [0.05, 0.1) is 0 Å². The van der Waals surface area contributed by atoms with Gasteiger partial charge < -0.3 is 11.1 Å². The number of hydrogen-bond donors (Lipinski definition) is 2. The quantitative estimate of drug-likeness (QED) is 0.685. The topological polar surface area (TPSA) is 38.0 Å². The van der Waals surface area contributed by atoms with Gasteiger partial charge in [-0.3, -0.25) is 0 Å². The number of anilines is 1. The molecular formula is C18H24N2. The van der Waals surface area contributed by atoms with Crippen molar-refractivity contribution in [2.75, 3.05) is 11.9 Å². The molecule has 2 heteroatoms. The molecule has 0 spiro atoms. The van der Waals surface area contributed by atoms with Gasteiger partial charge in [0.15, 0.2) is 0 Å². The molecule has 3 N–H and O–H groups in total. The van der Waals surface area contributed by atoms with Gasteiger partial charge in [-0.15, -0.1) is 0 Å². The molecule has 0 saturated heterocycles. The maximum Gasteiger partial charge on any atom is 0.0398 e. The molecule has 0 heterocycles. The second-order valence-electron chi connectivity index (χ2n) is 4.49. The van der Waals surface area contributed by atoms with Gasteiger partial charge in [-0.05, 0) is 30.2 Å². The predicted octanol–water partition coefficient (Wildman–Crippen LogP) is 4.41. The second kappa shape index (κ2) is 9.68. The zero-order chi connectivity index (χ0) is 14.6. The van der Waals surface area contributed by atoms with Crippen LogP contribution in [-0.4, -0.2) is 6.54 Å². The molecule has 0 amide bonds. The monoisotopic (exact) mass is 268 g/mol. The van der Waals surface area contributed by atoms with Crippen molar-refractivity contribution in [1.82, 2.24) is 0 Å². The summed E-state index contributed by atoms with van der Waals surface area (Å²) in [4.78, 5) is 0. The highest BCUT2D eigenvalue weighted by atomic mass is 14.9. The molecule has 0 aliphatic heterocycles. The molecule has 20 heavy (non-hydrogen) atoms. The summed E-state index contributed by atoms with van der Waals surface area (Å²) < 4.78 is 0. The molecule has 0 atom stereocenters. The Hall–Kier alpha value is -2.22. The van der Waals surface area contributed by atoms with Gasteiger partial charge >= 0.3 is 0 Å². The Balaban J connectivity index is 2.60. The molecule has 106 valence electrons. The van der Waals surface area contributed by atoms with E-state index in [0.717, 1.165) is 30.8 Å². The lowest BCUT2D eigenvalue weighted by molar-refractivity contribution is 1.11. The van der Waals surface area contributed by atoms with E-state index in [1.54, 1.807) is 6.08 Å². The molecule has 0 bridgehead atoms. The molecule has 1 aromatic rings. The first-order valence-corrected chi connectivity index (χ1v) is 6.97. The summed E-state index contributed by atoms with van der Waals surface area (Å²) in [6.07, 6.45) is 11.7. The van der Waals surface area contributed by atoms with Gasteiger partial charge in [0, 0.05) is 24.4 Å². The van der Waals surface area contributed by atoms with Crippen LogP contribution < -0.4 is 11.1 Å². The minimum atomic E-state index is 0.748. The number of nitrogens with two attached hydrogens (primary N) is 1. The highest BCUT2D eigenvalue weighted by Crippen LogP contribution is 2.09. The first-order valence-electron chi connectivity index (χ1n) is 6.97. The van der Waals surface area contributed by atoms with Crippen LogP contribution in [0, 0.1) is 0 Å². The second-order valence-corrected chi connectivity index (χ2v) is 4.49. The minimum Gasteiger partial charge on any atom is -0.402 e. The number of hydrogen-bond acceptors (Lipinski definition) is 2. The van der Waals surface area contributed by atoms with E-state index in [1.807, 2.05) is 36.4 Å². The fraction of sp³-hybridized carbons (Fsp3) is 0.222. The Morgan fingerprint density at radius 1 is 1.30 bits per heavy atom. The molecule has 0 unspecified atom stereocenters. The fourth-order valence-electron chi connectivity index (χ4n) is 1.80. The van der Waals surface area contributed by atoms with Crippen molar-refractivity contribution in [3.8, 4) is 0 Å². The molecule has 0 aliphatic rings. The summed E-state index contributed by atoms with van der Waals surface area (Å²) in [5.41, 5.74) is 9.21. The Morgan fingerprint density at radius 3 is 2.70 bits per heavy atom. The SMILES string of the molecule is C=C/C=C\C/C(N)=C/C(=C\CC)CNc1ccccc1. The summed E-state index contributed by atoms with van der Waals surface area (Å²) in [7, 11) is 0. The Labute approximate surface area is 122 Å². The van der Waals surface area contributed by atoms with Crippen LogP contribution in [0.5, 0.6) is 0 Å². The normalized spacial score (nSPS) is 12.7. The van der Waals surface area contributed by atoms with Gasteiger partial charge in [-0.2, -0.15) is 0 Å². The number of allylic oxidation sites excluding steroid dienone is 4. The predicted molar refractivity (Wildman–Crippen MR) is 89.5 cm³/mol. The van der Waals surface area contributed by atoms with E-state index in [4.69, 9.17) is 5.73 Å². The van der Waals surface area contributed by atoms with Crippen molar-refractivity contribution < 1.29 is 0 Å². The van der Waals surface area contributed by atoms with E-state index < -0.39 is 0 Å². The van der Waals surface area contributed by atoms with Crippen LogP contribution in [0.1, 0.15) is 19.8 Å². The Morgan fingerprint density at radius 2 is 2.05 bits per heavy atom. The summed E-state index contributed by atoms with van der Waals surface area (Å²) in [5, 5.41) is 3.40. The summed E-state index contributed by atoms with van der Waals surface area (Å²) in [5.74, 6) is 0. The summed E-state index contributed by atoms with van der Waals surface area (Å²) in [6.45, 7) is 6.55. The molecular weight excluding hydrogens is 244 g/mol. The van der Waals surface area contributed by atoms with Gasteiger partial charge in [-0.1, -0.05) is 56.0 Å². The zero-order valence-corrected chi connectivity index (χ0v) is 12.2. The van der Waals surface area contributed by atoms with Crippen molar-refractivity contribution in [1.29, 1.82) is 0 Å². The number of para-hydroxylation sites is 1. The van der Waals surface area contributed by atoms with Crippen LogP contribution in [0.2, 0.25) is 0 Å². The van der Waals surface area contributed by atoms with Crippen molar-refractivity contribution in [2.45, 2.75) is 19.8 Å². The van der Waals surface area contributed by atoms with Crippen molar-refractivity contribution in [2.24, 2.45) is 5.73 Å². The summed E-state index contributed by atoms with van der Waals surface area (Å²) in [6, 6.07) is 10.2. The fourth-order valence-corrected chi connectivity index (χ4v) is 1.80. The van der Waals surface area contributed by atoms with Gasteiger partial charge in [0.2, 0.25) is 0 Å². The molecule has 1 rings (SSSR count). The van der Waals surface area contributed by atoms with E-state index in [0.29, 0.717) is 0 Å². The molecule has 0 saturated carbocycles. The van der Waals surface area contributed by atoms with Gasteiger partial charge in [0.25, 0.3) is 0 Å². The largest absolute Gasteiger partial charge is 0.402 e. The Kier molecular flexibility index (Phi) is 7.66. The minimum absolute atomic E-state index is 0.748.